The molecule has 0 fully saturated rings. The number of halogens is 1. The van der Waals surface area contributed by atoms with E-state index in [2.05, 4.69) is 20.9 Å². The predicted molar refractivity (Wildman–Crippen MR) is 67.1 cm³/mol. The number of para-hydroxylation sites is 1. The van der Waals surface area contributed by atoms with Crippen LogP contribution in [0.5, 0.6) is 5.75 Å². The van der Waals surface area contributed by atoms with E-state index in [1.807, 2.05) is 36.4 Å². The summed E-state index contributed by atoms with van der Waals surface area (Å²) in [6, 6.07) is 13.2. The van der Waals surface area contributed by atoms with Gasteiger partial charge in [-0.1, -0.05) is 18.2 Å². The second-order valence-electron chi connectivity index (χ2n) is 3.27. The molecule has 4 heteroatoms. The molecular weight excluding hydrogens is 268 g/mol. The van der Waals surface area contributed by atoms with Crippen molar-refractivity contribution in [3.8, 4) is 5.75 Å². The Kier molecular flexibility index (Phi) is 3.41. The Morgan fingerprint density at radius 2 is 1.94 bits per heavy atom. The molecule has 0 atom stereocenters. The summed E-state index contributed by atoms with van der Waals surface area (Å²) >= 11 is 3.41. The number of benzene rings is 1. The third-order valence-electron chi connectivity index (χ3n) is 2.04. The molecule has 1 aromatic carbocycles. The fraction of sp³-hybridized carbons (Fsp3) is 0.0833. The zero-order chi connectivity index (χ0) is 11.4. The van der Waals surface area contributed by atoms with Gasteiger partial charge in [-0.3, -0.25) is 0 Å². The van der Waals surface area contributed by atoms with E-state index in [0.29, 0.717) is 12.4 Å². The molecule has 1 aromatic heterocycles. The Balaban J connectivity index is 2.05. The molecule has 1 heterocycles. The molecule has 0 unspecified atom stereocenters. The SMILES string of the molecule is Nc1cccc(COc2ccccc2Br)n1. The molecule has 3 nitrogen and oxygen atoms in total. The largest absolute Gasteiger partial charge is 0.486 e. The number of hydrogen-bond acceptors (Lipinski definition) is 3. The van der Waals surface area contributed by atoms with Gasteiger partial charge in [0.1, 0.15) is 18.2 Å². The number of pyridine rings is 1. The average molecular weight is 279 g/mol. The first-order valence-corrected chi connectivity index (χ1v) is 5.64. The van der Waals surface area contributed by atoms with Gasteiger partial charge in [-0.2, -0.15) is 0 Å². The number of anilines is 1. The topological polar surface area (TPSA) is 48.1 Å². The van der Waals surface area contributed by atoms with Crippen LogP contribution >= 0.6 is 15.9 Å². The van der Waals surface area contributed by atoms with Crippen molar-refractivity contribution in [3.63, 3.8) is 0 Å². The molecule has 82 valence electrons. The first kappa shape index (κ1) is 11.0. The number of aromatic nitrogens is 1. The van der Waals surface area contributed by atoms with Crippen LogP contribution in [0.3, 0.4) is 0 Å². The second kappa shape index (κ2) is 4.99. The quantitative estimate of drug-likeness (QED) is 0.939. The number of rotatable bonds is 3. The number of ether oxygens (including phenoxy) is 1. The van der Waals surface area contributed by atoms with Crippen LogP contribution in [0.1, 0.15) is 5.69 Å². The third-order valence-corrected chi connectivity index (χ3v) is 2.70. The molecule has 0 radical (unpaired) electrons. The van der Waals surface area contributed by atoms with Crippen molar-refractivity contribution in [2.45, 2.75) is 6.61 Å². The van der Waals surface area contributed by atoms with Gasteiger partial charge in [-0.05, 0) is 40.2 Å². The van der Waals surface area contributed by atoms with Crippen molar-refractivity contribution >= 4 is 21.7 Å². The van der Waals surface area contributed by atoms with Crippen LogP contribution in [0.25, 0.3) is 0 Å². The molecule has 0 saturated carbocycles. The fourth-order valence-corrected chi connectivity index (χ4v) is 1.69. The maximum Gasteiger partial charge on any atom is 0.134 e. The summed E-state index contributed by atoms with van der Waals surface area (Å²) in [5, 5.41) is 0. The predicted octanol–water partition coefficient (Wildman–Crippen LogP) is 3.01. The number of nitrogen functional groups attached to an aromatic ring is 1. The summed E-state index contributed by atoms with van der Waals surface area (Å²) < 4.78 is 6.54. The first-order chi connectivity index (χ1) is 7.75. The van der Waals surface area contributed by atoms with Crippen LogP contribution in [-0.4, -0.2) is 4.98 Å². The summed E-state index contributed by atoms with van der Waals surface area (Å²) in [5.41, 5.74) is 6.40. The minimum absolute atomic E-state index is 0.410. The van der Waals surface area contributed by atoms with E-state index in [-0.39, 0.29) is 0 Å². The van der Waals surface area contributed by atoms with E-state index >= 15 is 0 Å². The minimum Gasteiger partial charge on any atom is -0.486 e. The molecule has 0 aliphatic carbocycles. The molecule has 0 aliphatic heterocycles. The van der Waals surface area contributed by atoms with Crippen molar-refractivity contribution in [2.75, 3.05) is 5.73 Å². The summed E-state index contributed by atoms with van der Waals surface area (Å²) in [4.78, 5) is 4.16. The van der Waals surface area contributed by atoms with Gasteiger partial charge in [-0.25, -0.2) is 4.98 Å². The lowest BCUT2D eigenvalue weighted by Gasteiger charge is -2.07. The second-order valence-corrected chi connectivity index (χ2v) is 4.13. The number of nitrogens with two attached hydrogens (primary N) is 1. The highest BCUT2D eigenvalue weighted by Gasteiger charge is 2.00. The molecule has 16 heavy (non-hydrogen) atoms. The van der Waals surface area contributed by atoms with Gasteiger partial charge in [0.05, 0.1) is 10.2 Å². The summed E-state index contributed by atoms with van der Waals surface area (Å²) in [6.07, 6.45) is 0. The molecule has 2 aromatic rings. The summed E-state index contributed by atoms with van der Waals surface area (Å²) in [5.74, 6) is 1.31. The van der Waals surface area contributed by atoms with E-state index < -0.39 is 0 Å². The van der Waals surface area contributed by atoms with Gasteiger partial charge in [-0.15, -0.1) is 0 Å². The van der Waals surface area contributed by atoms with Crippen LogP contribution < -0.4 is 10.5 Å². The third kappa shape index (κ3) is 2.73. The van der Waals surface area contributed by atoms with Crippen molar-refractivity contribution in [1.29, 1.82) is 0 Å². The van der Waals surface area contributed by atoms with Crippen molar-refractivity contribution < 1.29 is 4.74 Å². The van der Waals surface area contributed by atoms with Crippen molar-refractivity contribution in [3.05, 3.63) is 52.6 Å². The normalized spacial score (nSPS) is 10.1. The standard InChI is InChI=1S/C12H11BrN2O/c13-10-5-1-2-6-11(10)16-8-9-4-3-7-12(14)15-9/h1-7H,8H2,(H2,14,15). The van der Waals surface area contributed by atoms with Gasteiger partial charge < -0.3 is 10.5 Å². The van der Waals surface area contributed by atoms with Crippen LogP contribution in [0.2, 0.25) is 0 Å². The van der Waals surface area contributed by atoms with Gasteiger partial charge in [0.2, 0.25) is 0 Å². The maximum absolute atomic E-state index is 5.61. The molecule has 0 saturated heterocycles. The zero-order valence-electron chi connectivity index (χ0n) is 8.56. The smallest absolute Gasteiger partial charge is 0.134 e. The van der Waals surface area contributed by atoms with E-state index in [1.54, 1.807) is 6.07 Å². The Bertz CT molecular complexity index is 488. The van der Waals surface area contributed by atoms with Crippen molar-refractivity contribution in [1.82, 2.24) is 4.98 Å². The Morgan fingerprint density at radius 1 is 1.12 bits per heavy atom. The van der Waals surface area contributed by atoms with E-state index in [9.17, 15) is 0 Å². The van der Waals surface area contributed by atoms with Crippen molar-refractivity contribution in [2.24, 2.45) is 0 Å². The van der Waals surface area contributed by atoms with Gasteiger partial charge in [0, 0.05) is 0 Å². The molecule has 2 rings (SSSR count). The summed E-state index contributed by atoms with van der Waals surface area (Å²) in [6.45, 7) is 0.410. The molecule has 0 amide bonds. The number of hydrogen-bond donors (Lipinski definition) is 1. The van der Waals surface area contributed by atoms with E-state index in [1.165, 1.54) is 0 Å². The molecule has 2 N–H and O–H groups in total. The molecular formula is C12H11BrN2O. The average Bonchev–Trinajstić information content (AvgIpc) is 2.28. The monoisotopic (exact) mass is 278 g/mol. The minimum atomic E-state index is 0.410. The Hall–Kier alpha value is -1.55. The molecule has 0 aliphatic rings. The zero-order valence-corrected chi connectivity index (χ0v) is 10.1. The summed E-state index contributed by atoms with van der Waals surface area (Å²) in [7, 11) is 0. The van der Waals surface area contributed by atoms with Crippen LogP contribution in [0, 0.1) is 0 Å². The van der Waals surface area contributed by atoms with Gasteiger partial charge >= 0.3 is 0 Å². The highest BCUT2D eigenvalue weighted by Crippen LogP contribution is 2.24. The van der Waals surface area contributed by atoms with Gasteiger partial charge in [0.15, 0.2) is 0 Å². The Morgan fingerprint density at radius 3 is 2.69 bits per heavy atom. The lowest BCUT2D eigenvalue weighted by molar-refractivity contribution is 0.299. The van der Waals surface area contributed by atoms with E-state index in [0.717, 1.165) is 15.9 Å². The fourth-order valence-electron chi connectivity index (χ4n) is 1.29. The van der Waals surface area contributed by atoms with Crippen LogP contribution in [-0.2, 0) is 6.61 Å². The highest BCUT2D eigenvalue weighted by molar-refractivity contribution is 9.10. The highest BCUT2D eigenvalue weighted by atomic mass is 79.9. The first-order valence-electron chi connectivity index (χ1n) is 4.84. The maximum atomic E-state index is 5.61. The molecule has 0 spiro atoms. The lowest BCUT2D eigenvalue weighted by atomic mass is 10.3. The Labute approximate surface area is 102 Å². The lowest BCUT2D eigenvalue weighted by Crippen LogP contribution is -2.00. The van der Waals surface area contributed by atoms with E-state index in [4.69, 9.17) is 10.5 Å². The molecule has 0 bridgehead atoms. The van der Waals surface area contributed by atoms with Gasteiger partial charge in [0.25, 0.3) is 0 Å². The van der Waals surface area contributed by atoms with Crippen LogP contribution in [0.15, 0.2) is 46.9 Å². The number of nitrogens with zero attached hydrogens (tertiary/aromatic N) is 1. The van der Waals surface area contributed by atoms with Crippen LogP contribution in [0.4, 0.5) is 5.82 Å².